The minimum absolute atomic E-state index is 0.161. The molecule has 2 nitrogen and oxygen atoms in total. The van der Waals surface area contributed by atoms with Crippen LogP contribution < -0.4 is 0 Å². The average molecular weight is 233 g/mol. The van der Waals surface area contributed by atoms with E-state index in [0.29, 0.717) is 0 Å². The minimum Gasteiger partial charge on any atom is -0.325 e. The van der Waals surface area contributed by atoms with Gasteiger partial charge in [-0.3, -0.25) is 4.79 Å². The molecule has 1 saturated heterocycles. The van der Waals surface area contributed by atoms with Gasteiger partial charge >= 0.3 is 0 Å². The maximum Gasteiger partial charge on any atom is 0.253 e. The Bertz CT molecular complexity index is 435. The summed E-state index contributed by atoms with van der Waals surface area (Å²) < 4.78 is 0. The van der Waals surface area contributed by atoms with Gasteiger partial charge in [0.15, 0.2) is 0 Å². The number of thioether (sulfide) groups is 1. The Morgan fingerprint density at radius 1 is 1.25 bits per heavy atom. The highest BCUT2D eigenvalue weighted by Gasteiger charge is 2.40. The molecule has 1 atom stereocenters. The Kier molecular flexibility index (Phi) is 3.06. The summed E-state index contributed by atoms with van der Waals surface area (Å²) in [5, 5.41) is 0.180. The van der Waals surface area contributed by atoms with Crippen molar-refractivity contribution in [1.29, 1.82) is 0 Å². The molecule has 0 aliphatic carbocycles. The van der Waals surface area contributed by atoms with Gasteiger partial charge in [-0.1, -0.05) is 35.5 Å². The van der Waals surface area contributed by atoms with Crippen LogP contribution in [0.25, 0.3) is 0 Å². The molecule has 0 spiro atoms. The summed E-state index contributed by atoms with van der Waals surface area (Å²) >= 11 is 1.73. The molecule has 1 aromatic carbocycles. The number of β-lactam (4-membered cyclic amide) rings is 1. The van der Waals surface area contributed by atoms with E-state index in [1.807, 2.05) is 39.1 Å². The molecular formula is C13H15NOS. The van der Waals surface area contributed by atoms with Crippen molar-refractivity contribution < 1.29 is 4.79 Å². The molecule has 1 fully saturated rings. The lowest BCUT2D eigenvalue weighted by atomic mass is 10.0. The monoisotopic (exact) mass is 233 g/mol. The van der Waals surface area contributed by atoms with Crippen molar-refractivity contribution in [2.24, 2.45) is 0 Å². The van der Waals surface area contributed by atoms with Crippen LogP contribution in [0.4, 0.5) is 0 Å². The van der Waals surface area contributed by atoms with E-state index in [0.717, 1.165) is 11.1 Å². The summed E-state index contributed by atoms with van der Waals surface area (Å²) in [4.78, 5) is 14.6. The summed E-state index contributed by atoms with van der Waals surface area (Å²) in [6.45, 7) is 4.00. The number of allylic oxidation sites excluding steroid dienone is 1. The van der Waals surface area contributed by atoms with Crippen molar-refractivity contribution in [3.8, 4) is 0 Å². The van der Waals surface area contributed by atoms with E-state index in [4.69, 9.17) is 0 Å². The van der Waals surface area contributed by atoms with Gasteiger partial charge in [0.1, 0.15) is 5.37 Å². The Balaban J connectivity index is 2.17. The van der Waals surface area contributed by atoms with Crippen LogP contribution in [0.3, 0.4) is 0 Å². The molecule has 1 unspecified atom stereocenters. The van der Waals surface area contributed by atoms with Gasteiger partial charge in [-0.25, -0.2) is 0 Å². The standard InChI is InChI=1S/C13H15NOS/c1-9(2)11-12(15)14(3)13(11)16-10-7-5-4-6-8-10/h4-8,13H,1-3H3. The largest absolute Gasteiger partial charge is 0.325 e. The van der Waals surface area contributed by atoms with Crippen LogP contribution in [-0.4, -0.2) is 23.2 Å². The average Bonchev–Trinajstić information content (AvgIpc) is 2.28. The van der Waals surface area contributed by atoms with Gasteiger partial charge in [-0.15, -0.1) is 0 Å². The summed E-state index contributed by atoms with van der Waals surface area (Å²) in [5.74, 6) is 0.161. The second-order valence-electron chi connectivity index (χ2n) is 4.11. The second kappa shape index (κ2) is 4.34. The first-order valence-electron chi connectivity index (χ1n) is 5.27. The molecule has 0 aromatic heterocycles. The zero-order valence-electron chi connectivity index (χ0n) is 9.73. The summed E-state index contributed by atoms with van der Waals surface area (Å²) in [6.07, 6.45) is 0. The molecule has 0 radical (unpaired) electrons. The number of hydrogen-bond acceptors (Lipinski definition) is 2. The molecule has 1 aliphatic rings. The molecule has 3 heteroatoms. The lowest BCUT2D eigenvalue weighted by molar-refractivity contribution is -0.132. The van der Waals surface area contributed by atoms with Crippen molar-refractivity contribution in [3.05, 3.63) is 41.5 Å². The first kappa shape index (κ1) is 11.3. The van der Waals surface area contributed by atoms with E-state index < -0.39 is 0 Å². The fraction of sp³-hybridized carbons (Fsp3) is 0.308. The van der Waals surface area contributed by atoms with E-state index in [1.165, 1.54) is 4.90 Å². The van der Waals surface area contributed by atoms with Crippen LogP contribution in [0.5, 0.6) is 0 Å². The predicted molar refractivity (Wildman–Crippen MR) is 67.2 cm³/mol. The third-order valence-electron chi connectivity index (χ3n) is 2.68. The minimum atomic E-state index is 0.161. The maximum absolute atomic E-state index is 11.7. The molecule has 1 amide bonds. The normalized spacial score (nSPS) is 19.7. The molecule has 84 valence electrons. The first-order chi connectivity index (χ1) is 7.61. The SMILES string of the molecule is CC(C)=C1C(=O)N(C)C1Sc1ccccc1. The van der Waals surface area contributed by atoms with Crippen LogP contribution in [0.1, 0.15) is 13.8 Å². The smallest absolute Gasteiger partial charge is 0.253 e. The molecule has 0 saturated carbocycles. The molecular weight excluding hydrogens is 218 g/mol. The van der Waals surface area contributed by atoms with Gasteiger partial charge in [0.05, 0.1) is 0 Å². The molecule has 1 heterocycles. The third kappa shape index (κ3) is 1.87. The molecule has 1 aliphatic heterocycles. The number of benzene rings is 1. The molecule has 0 N–H and O–H groups in total. The van der Waals surface area contributed by atoms with Crippen molar-refractivity contribution in [3.63, 3.8) is 0 Å². The number of nitrogens with zero attached hydrogens (tertiary/aromatic N) is 1. The van der Waals surface area contributed by atoms with Crippen LogP contribution in [0.2, 0.25) is 0 Å². The lowest BCUT2D eigenvalue weighted by Crippen LogP contribution is -2.51. The topological polar surface area (TPSA) is 20.3 Å². The van der Waals surface area contributed by atoms with E-state index in [1.54, 1.807) is 16.7 Å². The molecule has 0 bridgehead atoms. The highest BCUT2D eigenvalue weighted by atomic mass is 32.2. The Morgan fingerprint density at radius 2 is 1.88 bits per heavy atom. The van der Waals surface area contributed by atoms with E-state index >= 15 is 0 Å². The number of carbonyl (C=O) groups excluding carboxylic acids is 1. The number of carbonyl (C=O) groups is 1. The van der Waals surface area contributed by atoms with E-state index in [2.05, 4.69) is 12.1 Å². The van der Waals surface area contributed by atoms with Crippen molar-refractivity contribution in [2.45, 2.75) is 24.1 Å². The Morgan fingerprint density at radius 3 is 2.44 bits per heavy atom. The van der Waals surface area contributed by atoms with Crippen molar-refractivity contribution in [2.75, 3.05) is 7.05 Å². The zero-order valence-corrected chi connectivity index (χ0v) is 10.5. The lowest BCUT2D eigenvalue weighted by Gasteiger charge is -2.40. The first-order valence-corrected chi connectivity index (χ1v) is 6.15. The Hall–Kier alpha value is -1.22. The number of likely N-dealkylation sites (N-methyl/N-ethyl adjacent to an activating group) is 1. The van der Waals surface area contributed by atoms with Crippen LogP contribution in [-0.2, 0) is 4.79 Å². The maximum atomic E-state index is 11.7. The van der Waals surface area contributed by atoms with E-state index in [9.17, 15) is 4.79 Å². The number of likely N-dealkylation sites (tertiary alicyclic amines) is 1. The summed E-state index contributed by atoms with van der Waals surface area (Å²) in [6, 6.07) is 10.2. The van der Waals surface area contributed by atoms with E-state index in [-0.39, 0.29) is 11.3 Å². The molecule has 1 aromatic rings. The zero-order chi connectivity index (χ0) is 11.7. The van der Waals surface area contributed by atoms with Crippen LogP contribution in [0.15, 0.2) is 46.4 Å². The van der Waals surface area contributed by atoms with Crippen molar-refractivity contribution in [1.82, 2.24) is 4.90 Å². The van der Waals surface area contributed by atoms with Gasteiger partial charge in [0, 0.05) is 17.5 Å². The third-order valence-corrected chi connectivity index (χ3v) is 4.00. The Labute approximate surface area is 100 Å². The summed E-state index contributed by atoms with van der Waals surface area (Å²) in [5.41, 5.74) is 2.08. The molecule has 2 rings (SSSR count). The fourth-order valence-corrected chi connectivity index (χ4v) is 3.04. The summed E-state index contributed by atoms with van der Waals surface area (Å²) in [7, 11) is 1.86. The van der Waals surface area contributed by atoms with Gasteiger partial charge in [0.25, 0.3) is 5.91 Å². The highest BCUT2D eigenvalue weighted by molar-refractivity contribution is 8.00. The van der Waals surface area contributed by atoms with Gasteiger partial charge in [-0.05, 0) is 26.0 Å². The van der Waals surface area contributed by atoms with Crippen LogP contribution >= 0.6 is 11.8 Å². The van der Waals surface area contributed by atoms with Gasteiger partial charge in [-0.2, -0.15) is 0 Å². The molecule has 16 heavy (non-hydrogen) atoms. The highest BCUT2D eigenvalue weighted by Crippen LogP contribution is 2.38. The second-order valence-corrected chi connectivity index (χ2v) is 5.27. The number of rotatable bonds is 2. The van der Waals surface area contributed by atoms with Gasteiger partial charge in [0.2, 0.25) is 0 Å². The van der Waals surface area contributed by atoms with Crippen LogP contribution in [0, 0.1) is 0 Å². The number of hydrogen-bond donors (Lipinski definition) is 0. The fourth-order valence-electron chi connectivity index (χ4n) is 1.76. The van der Waals surface area contributed by atoms with Crippen molar-refractivity contribution >= 4 is 17.7 Å². The van der Waals surface area contributed by atoms with Gasteiger partial charge < -0.3 is 4.90 Å². The quantitative estimate of drug-likeness (QED) is 0.578. The predicted octanol–water partition coefficient (Wildman–Crippen LogP) is 2.91. The number of amides is 1.